The zero-order valence-corrected chi connectivity index (χ0v) is 7.72. The molecule has 1 atom stereocenters. The Kier molecular flexibility index (Phi) is 4.00. The van der Waals surface area contributed by atoms with Crippen LogP contribution in [0.5, 0.6) is 0 Å². The van der Waals surface area contributed by atoms with Crippen LogP contribution in [0.3, 0.4) is 0 Å². The minimum Gasteiger partial charge on any atom is -0.229 e. The summed E-state index contributed by atoms with van der Waals surface area (Å²) in [7, 11) is -2.86. The van der Waals surface area contributed by atoms with Crippen LogP contribution in [0.1, 0.15) is 0 Å². The Morgan fingerprint density at radius 1 is 1.56 bits per heavy atom. The van der Waals surface area contributed by atoms with E-state index in [0.717, 1.165) is 0 Å². The van der Waals surface area contributed by atoms with Crippen LogP contribution in [0.4, 0.5) is 0 Å². The molecule has 0 spiro atoms. The third kappa shape index (κ3) is 6.54. The summed E-state index contributed by atoms with van der Waals surface area (Å²) in [5.41, 5.74) is 0. The van der Waals surface area contributed by atoms with Gasteiger partial charge in [0.25, 0.3) is 0 Å². The van der Waals surface area contributed by atoms with Crippen molar-refractivity contribution >= 4 is 35.1 Å². The first-order valence-electron chi connectivity index (χ1n) is 2.42. The lowest BCUT2D eigenvalue weighted by molar-refractivity contribution is 0.601. The maximum absolute atomic E-state index is 10.5. The van der Waals surface area contributed by atoms with Crippen LogP contribution >= 0.6 is 25.3 Å². The van der Waals surface area contributed by atoms with E-state index in [2.05, 4.69) is 25.3 Å². The molecule has 0 aromatic carbocycles. The highest BCUT2D eigenvalue weighted by molar-refractivity contribution is 7.92. The van der Waals surface area contributed by atoms with Crippen molar-refractivity contribution in [3.05, 3.63) is 0 Å². The van der Waals surface area contributed by atoms with Gasteiger partial charge in [-0.25, -0.2) is 8.42 Å². The highest BCUT2D eigenvalue weighted by Crippen LogP contribution is 2.00. The van der Waals surface area contributed by atoms with Crippen LogP contribution in [0.25, 0.3) is 0 Å². The molecule has 56 valence electrons. The molecule has 1 unspecified atom stereocenters. The lowest BCUT2D eigenvalue weighted by atomic mass is 10.6. The van der Waals surface area contributed by atoms with E-state index in [1.54, 1.807) is 0 Å². The van der Waals surface area contributed by atoms with Gasteiger partial charge in [0.15, 0.2) is 0 Å². The number of hydrogen-bond acceptors (Lipinski definition) is 4. The fourth-order valence-electron chi connectivity index (χ4n) is 0.402. The first kappa shape index (κ1) is 9.65. The molecule has 0 aliphatic carbocycles. The second-order valence-corrected chi connectivity index (χ2v) is 5.21. The normalized spacial score (nSPS) is 15.4. The van der Waals surface area contributed by atoms with Gasteiger partial charge in [-0.05, 0) is 0 Å². The number of rotatable bonds is 3. The summed E-state index contributed by atoms with van der Waals surface area (Å²) in [6.07, 6.45) is 1.19. The molecule has 0 rings (SSSR count). The van der Waals surface area contributed by atoms with E-state index < -0.39 is 9.84 Å². The largest absolute Gasteiger partial charge is 0.229 e. The number of hydrogen-bond donors (Lipinski definition) is 2. The first-order chi connectivity index (χ1) is 3.95. The molecule has 0 bridgehead atoms. The summed E-state index contributed by atoms with van der Waals surface area (Å²) in [5, 5.41) is -0.136. The van der Waals surface area contributed by atoms with E-state index in [0.29, 0.717) is 5.75 Å². The SMILES string of the molecule is CS(=O)(=O)CC(S)CS. The van der Waals surface area contributed by atoms with Crippen molar-refractivity contribution in [2.24, 2.45) is 0 Å². The van der Waals surface area contributed by atoms with Crippen molar-refractivity contribution in [1.29, 1.82) is 0 Å². The van der Waals surface area contributed by atoms with E-state index in [9.17, 15) is 8.42 Å². The van der Waals surface area contributed by atoms with Crippen LogP contribution in [-0.2, 0) is 9.84 Å². The molecular formula is C4H10O2S3. The van der Waals surface area contributed by atoms with Crippen LogP contribution in [0.15, 0.2) is 0 Å². The number of thiol groups is 2. The molecule has 9 heavy (non-hydrogen) atoms. The highest BCUT2D eigenvalue weighted by Gasteiger charge is 2.08. The Morgan fingerprint density at radius 3 is 2.11 bits per heavy atom. The van der Waals surface area contributed by atoms with Gasteiger partial charge < -0.3 is 0 Å². The van der Waals surface area contributed by atoms with E-state index >= 15 is 0 Å². The monoisotopic (exact) mass is 186 g/mol. The van der Waals surface area contributed by atoms with Crippen LogP contribution < -0.4 is 0 Å². The molecule has 0 radical (unpaired) electrons. The molecule has 0 aromatic heterocycles. The minimum atomic E-state index is -2.86. The molecule has 0 saturated carbocycles. The third-order valence-corrected chi connectivity index (χ3v) is 3.05. The molecule has 0 saturated heterocycles. The Morgan fingerprint density at radius 2 is 2.00 bits per heavy atom. The maximum atomic E-state index is 10.5. The second-order valence-electron chi connectivity index (χ2n) is 1.93. The van der Waals surface area contributed by atoms with Crippen molar-refractivity contribution in [3.8, 4) is 0 Å². The lowest BCUT2D eigenvalue weighted by Crippen LogP contribution is -2.15. The molecular weight excluding hydrogens is 176 g/mol. The molecule has 5 heteroatoms. The molecule has 0 aliphatic heterocycles. The van der Waals surface area contributed by atoms with Crippen molar-refractivity contribution in [2.45, 2.75) is 5.25 Å². The topological polar surface area (TPSA) is 34.1 Å². The maximum Gasteiger partial charge on any atom is 0.148 e. The zero-order valence-electron chi connectivity index (χ0n) is 5.11. The molecule has 2 nitrogen and oxygen atoms in total. The Balaban J connectivity index is 3.75. The Labute approximate surface area is 66.8 Å². The van der Waals surface area contributed by atoms with Crippen molar-refractivity contribution < 1.29 is 8.42 Å². The van der Waals surface area contributed by atoms with Crippen LogP contribution in [0, 0.1) is 0 Å². The van der Waals surface area contributed by atoms with Gasteiger partial charge >= 0.3 is 0 Å². The second kappa shape index (κ2) is 3.73. The quantitative estimate of drug-likeness (QED) is 0.620. The molecule has 0 fully saturated rings. The Hall–Kier alpha value is 0.650. The van der Waals surface area contributed by atoms with E-state index in [1.807, 2.05) is 0 Å². The van der Waals surface area contributed by atoms with E-state index in [4.69, 9.17) is 0 Å². The third-order valence-electron chi connectivity index (χ3n) is 0.706. The average molecular weight is 186 g/mol. The van der Waals surface area contributed by atoms with Crippen LogP contribution in [-0.4, -0.2) is 31.4 Å². The van der Waals surface area contributed by atoms with Gasteiger partial charge in [0.1, 0.15) is 9.84 Å². The van der Waals surface area contributed by atoms with Gasteiger partial charge in [-0.15, -0.1) is 0 Å². The summed E-state index contributed by atoms with van der Waals surface area (Å²) in [5.74, 6) is 0.607. The van der Waals surface area contributed by atoms with Gasteiger partial charge in [-0.1, -0.05) is 0 Å². The fraction of sp³-hybridized carbons (Fsp3) is 1.00. The Bertz CT molecular complexity index is 161. The predicted octanol–water partition coefficient (Wildman–Crippen LogP) is 0.259. The van der Waals surface area contributed by atoms with Gasteiger partial charge in [0, 0.05) is 17.3 Å². The van der Waals surface area contributed by atoms with Crippen molar-refractivity contribution in [2.75, 3.05) is 17.8 Å². The molecule has 0 amide bonds. The summed E-state index contributed by atoms with van der Waals surface area (Å²) in [6, 6.07) is 0. The molecule has 0 aliphatic rings. The number of sulfone groups is 1. The standard InChI is InChI=1S/C4H10O2S3/c1-9(5,6)3-4(8)2-7/h4,7-8H,2-3H2,1H3. The lowest BCUT2D eigenvalue weighted by Gasteiger charge is -2.02. The molecule has 0 aromatic rings. The predicted molar refractivity (Wildman–Crippen MR) is 46.3 cm³/mol. The minimum absolute atomic E-state index is 0.111. The van der Waals surface area contributed by atoms with Crippen molar-refractivity contribution in [3.63, 3.8) is 0 Å². The molecule has 0 heterocycles. The molecule has 0 N–H and O–H groups in total. The van der Waals surface area contributed by atoms with E-state index in [-0.39, 0.29) is 11.0 Å². The van der Waals surface area contributed by atoms with E-state index in [1.165, 1.54) is 6.26 Å². The summed E-state index contributed by atoms with van der Waals surface area (Å²) < 4.78 is 21.0. The average Bonchev–Trinajstić information content (AvgIpc) is 1.62. The van der Waals surface area contributed by atoms with Crippen molar-refractivity contribution in [1.82, 2.24) is 0 Å². The van der Waals surface area contributed by atoms with Gasteiger partial charge in [-0.3, -0.25) is 0 Å². The zero-order chi connectivity index (χ0) is 7.49. The van der Waals surface area contributed by atoms with Gasteiger partial charge in [0.2, 0.25) is 0 Å². The highest BCUT2D eigenvalue weighted by atomic mass is 32.2. The summed E-state index contributed by atoms with van der Waals surface area (Å²) >= 11 is 7.85. The summed E-state index contributed by atoms with van der Waals surface area (Å²) in [6.45, 7) is 0. The van der Waals surface area contributed by atoms with Gasteiger partial charge in [0.05, 0.1) is 5.75 Å². The smallest absolute Gasteiger partial charge is 0.148 e. The van der Waals surface area contributed by atoms with Crippen LogP contribution in [0.2, 0.25) is 0 Å². The fourth-order valence-corrected chi connectivity index (χ4v) is 2.34. The van der Waals surface area contributed by atoms with Gasteiger partial charge in [-0.2, -0.15) is 25.3 Å². The first-order valence-corrected chi connectivity index (χ1v) is 5.63. The summed E-state index contributed by atoms with van der Waals surface area (Å²) in [4.78, 5) is 0.